The number of amides is 1. The van der Waals surface area contributed by atoms with E-state index < -0.39 is 0 Å². The molecule has 2 N–H and O–H groups in total. The van der Waals surface area contributed by atoms with E-state index >= 15 is 8.78 Å². The molecular weight excluding hydrogens is 867 g/mol. The molecule has 4 heterocycles. The summed E-state index contributed by atoms with van der Waals surface area (Å²) in [6.45, 7) is 3.18. The third-order valence-corrected chi connectivity index (χ3v) is 11.3. The molecular formula is C49H52Cl3F2N5O4. The molecule has 0 unspecified atom stereocenters. The van der Waals surface area contributed by atoms with Crippen molar-refractivity contribution in [2.24, 2.45) is 5.73 Å². The molecule has 332 valence electrons. The van der Waals surface area contributed by atoms with Crippen LogP contribution in [0.3, 0.4) is 0 Å². The Labute approximate surface area is 384 Å². The molecule has 0 aliphatic carbocycles. The maximum atomic E-state index is 15.4. The minimum absolute atomic E-state index is 0. The van der Waals surface area contributed by atoms with Gasteiger partial charge in [-0.3, -0.25) is 9.59 Å². The minimum atomic E-state index is -0.350. The van der Waals surface area contributed by atoms with Crippen LogP contribution in [-0.2, 0) is 22.4 Å². The third kappa shape index (κ3) is 11.1. The number of ether oxygens (including phenoxy) is 2. The summed E-state index contributed by atoms with van der Waals surface area (Å²) in [7, 11) is 3.04. The standard InChI is InChI=1S/C24H22ClFN2O2.C23H21ClFN3O2.2CH4.ClH/c1-15(29)20-10-11-28(20)22-9-6-16(14-27-22)12-18-7-8-21(30-2)23(24(18)26)17-4-3-5-19(25)13-17;1-30-19-7-6-16(22(25)21(19)15-3-2-4-17(24)12-15)11-14-5-8-20(27-13-14)28-10-9-18(28)23(26)29;;;/h3-9,13-14,20H,10-12H2,1-2H3;2-8,12-13,18H,9-11H2,1H3,(H2,26,29);2*1H4;1H/t20-;18-;;;/m11.../s1. The zero-order valence-electron chi connectivity index (χ0n) is 33.7. The average molecular weight is 919 g/mol. The van der Waals surface area contributed by atoms with Crippen LogP contribution >= 0.6 is 35.6 Å². The van der Waals surface area contributed by atoms with E-state index in [2.05, 4.69) is 9.97 Å². The van der Waals surface area contributed by atoms with Crippen LogP contribution in [0.2, 0.25) is 10.0 Å². The summed E-state index contributed by atoms with van der Waals surface area (Å²) in [6, 6.07) is 28.3. The number of halogens is 5. The first-order valence-electron chi connectivity index (χ1n) is 19.4. The van der Waals surface area contributed by atoms with E-state index in [1.807, 2.05) is 40.1 Å². The van der Waals surface area contributed by atoms with Crippen LogP contribution in [0.15, 0.2) is 109 Å². The van der Waals surface area contributed by atoms with Gasteiger partial charge in [0.2, 0.25) is 5.91 Å². The Morgan fingerprint density at radius 3 is 1.43 bits per heavy atom. The Bertz CT molecular complexity index is 2350. The number of hydrogen-bond acceptors (Lipinski definition) is 8. The molecule has 9 nitrogen and oxygen atoms in total. The third-order valence-electron chi connectivity index (χ3n) is 10.9. The van der Waals surface area contributed by atoms with Crippen LogP contribution in [0.4, 0.5) is 20.4 Å². The van der Waals surface area contributed by atoms with Crippen molar-refractivity contribution >= 4 is 58.9 Å². The molecule has 1 amide bonds. The molecule has 2 aliphatic rings. The van der Waals surface area contributed by atoms with Crippen LogP contribution < -0.4 is 25.0 Å². The fraction of sp³-hybridized carbons (Fsp3) is 0.265. The van der Waals surface area contributed by atoms with Crippen molar-refractivity contribution in [1.29, 1.82) is 0 Å². The highest BCUT2D eigenvalue weighted by molar-refractivity contribution is 6.31. The van der Waals surface area contributed by atoms with Crippen LogP contribution in [0.5, 0.6) is 11.5 Å². The molecule has 2 aromatic heterocycles. The maximum Gasteiger partial charge on any atom is 0.240 e. The van der Waals surface area contributed by atoms with Crippen LogP contribution in [-0.4, -0.2) is 61.1 Å². The van der Waals surface area contributed by atoms with Gasteiger partial charge in [0.25, 0.3) is 0 Å². The van der Waals surface area contributed by atoms with Crippen molar-refractivity contribution in [2.75, 3.05) is 37.1 Å². The van der Waals surface area contributed by atoms with Gasteiger partial charge >= 0.3 is 0 Å². The maximum absolute atomic E-state index is 15.4. The lowest BCUT2D eigenvalue weighted by Crippen LogP contribution is -2.55. The molecule has 6 aromatic rings. The molecule has 2 aliphatic heterocycles. The largest absolute Gasteiger partial charge is 0.496 e. The summed E-state index contributed by atoms with van der Waals surface area (Å²) < 4.78 is 41.6. The number of rotatable bonds is 12. The number of nitrogens with zero attached hydrogens (tertiary/aromatic N) is 4. The number of aromatic nitrogens is 2. The van der Waals surface area contributed by atoms with Crippen molar-refractivity contribution in [3.8, 4) is 33.8 Å². The molecule has 63 heavy (non-hydrogen) atoms. The smallest absolute Gasteiger partial charge is 0.240 e. The van der Waals surface area contributed by atoms with Gasteiger partial charge in [0.05, 0.1) is 31.4 Å². The summed E-state index contributed by atoms with van der Waals surface area (Å²) in [5, 5.41) is 1.06. The average Bonchev–Trinajstić information content (AvgIpc) is 3.19. The fourth-order valence-electron chi connectivity index (χ4n) is 7.51. The Morgan fingerprint density at radius 1 is 0.683 bits per heavy atom. The predicted octanol–water partition coefficient (Wildman–Crippen LogP) is 11.2. The topological polar surface area (TPSA) is 111 Å². The molecule has 4 aromatic carbocycles. The Balaban J connectivity index is 0.000000264. The number of ketones is 1. The summed E-state index contributed by atoms with van der Waals surface area (Å²) in [4.78, 5) is 35.9. The SMILES string of the molecule is C.C.COc1ccc(Cc2ccc(N3CC[C@@H]3C(C)=O)nc2)c(F)c1-c1cccc(Cl)c1.COc1ccc(Cc2ccc(N3CC[C@@H]3C(N)=O)nc2)c(F)c1-c1cccc(Cl)c1.Cl. The highest BCUT2D eigenvalue weighted by atomic mass is 35.5. The molecule has 2 saturated heterocycles. The molecule has 0 radical (unpaired) electrons. The Hall–Kier alpha value is -5.75. The lowest BCUT2D eigenvalue weighted by Gasteiger charge is -2.40. The highest BCUT2D eigenvalue weighted by Gasteiger charge is 2.34. The number of hydrogen-bond donors (Lipinski definition) is 1. The van der Waals surface area contributed by atoms with Crippen molar-refractivity contribution in [3.63, 3.8) is 0 Å². The first-order chi connectivity index (χ1) is 28.9. The number of primary amides is 1. The minimum Gasteiger partial charge on any atom is -0.496 e. The van der Waals surface area contributed by atoms with Crippen LogP contribution in [0.1, 0.15) is 56.9 Å². The van der Waals surface area contributed by atoms with E-state index in [0.29, 0.717) is 73.6 Å². The number of carbonyl (C=O) groups excluding carboxylic acids is 2. The summed E-state index contributed by atoms with van der Waals surface area (Å²) in [5.41, 5.74) is 10.3. The van der Waals surface area contributed by atoms with Crippen molar-refractivity contribution in [2.45, 2.75) is 59.5 Å². The summed E-state index contributed by atoms with van der Waals surface area (Å²) in [6.07, 6.45) is 5.81. The second-order valence-electron chi connectivity index (χ2n) is 14.7. The molecule has 2 atom stereocenters. The van der Waals surface area contributed by atoms with Crippen LogP contribution in [0, 0.1) is 11.6 Å². The molecule has 0 saturated carbocycles. The van der Waals surface area contributed by atoms with Gasteiger partial charge in [-0.15, -0.1) is 12.4 Å². The first kappa shape index (κ1) is 49.9. The number of carbonyl (C=O) groups is 2. The molecule has 14 heteroatoms. The van der Waals surface area contributed by atoms with Gasteiger partial charge in [0, 0.05) is 48.4 Å². The van der Waals surface area contributed by atoms with Crippen molar-refractivity contribution in [1.82, 2.24) is 9.97 Å². The molecule has 2 fully saturated rings. The number of pyridine rings is 2. The van der Waals surface area contributed by atoms with E-state index in [0.717, 1.165) is 42.9 Å². The second-order valence-corrected chi connectivity index (χ2v) is 15.5. The van der Waals surface area contributed by atoms with Gasteiger partial charge in [-0.1, -0.05) is 86.6 Å². The van der Waals surface area contributed by atoms with E-state index in [4.69, 9.17) is 38.4 Å². The zero-order chi connectivity index (χ0) is 42.5. The number of methoxy groups -OCH3 is 2. The molecule has 0 spiro atoms. The normalized spacial score (nSPS) is 14.8. The lowest BCUT2D eigenvalue weighted by atomic mass is 9.97. The van der Waals surface area contributed by atoms with E-state index in [1.165, 1.54) is 14.2 Å². The van der Waals surface area contributed by atoms with Crippen LogP contribution in [0.25, 0.3) is 22.3 Å². The first-order valence-corrected chi connectivity index (χ1v) is 20.2. The number of Topliss-reactive ketones (excluding diaryl/α,β-unsaturated/α-hetero) is 1. The Morgan fingerprint density at radius 2 is 1.11 bits per heavy atom. The lowest BCUT2D eigenvalue weighted by molar-refractivity contribution is -0.120. The quantitative estimate of drug-likeness (QED) is 0.129. The highest BCUT2D eigenvalue weighted by Crippen LogP contribution is 2.38. The van der Waals surface area contributed by atoms with Gasteiger partial charge in [-0.2, -0.15) is 0 Å². The second kappa shape index (κ2) is 22.0. The van der Waals surface area contributed by atoms with Gasteiger partial charge in [0.15, 0.2) is 5.78 Å². The number of nitrogens with two attached hydrogens (primary N) is 1. The van der Waals surface area contributed by atoms with Gasteiger partial charge in [-0.25, -0.2) is 18.7 Å². The summed E-state index contributed by atoms with van der Waals surface area (Å²) >= 11 is 12.2. The predicted molar refractivity (Wildman–Crippen MR) is 253 cm³/mol. The fourth-order valence-corrected chi connectivity index (χ4v) is 7.89. The van der Waals surface area contributed by atoms with Crippen molar-refractivity contribution in [3.05, 3.63) is 153 Å². The van der Waals surface area contributed by atoms with Gasteiger partial charge in [0.1, 0.15) is 40.8 Å². The molecule has 8 rings (SSSR count). The van der Waals surface area contributed by atoms with Gasteiger partial charge < -0.3 is 25.0 Å². The van der Waals surface area contributed by atoms with Crippen molar-refractivity contribution < 1.29 is 27.8 Å². The molecule has 0 bridgehead atoms. The zero-order valence-corrected chi connectivity index (χ0v) is 36.0. The number of benzene rings is 4. The monoisotopic (exact) mass is 917 g/mol. The van der Waals surface area contributed by atoms with E-state index in [9.17, 15) is 9.59 Å². The van der Waals surface area contributed by atoms with E-state index in [1.54, 1.807) is 86.0 Å². The van der Waals surface area contributed by atoms with Gasteiger partial charge in [-0.05, 0) is 102 Å². The number of anilines is 2. The Kier molecular flexibility index (Phi) is 17.5. The van der Waals surface area contributed by atoms with E-state index in [-0.39, 0.29) is 62.7 Å². The summed E-state index contributed by atoms with van der Waals surface area (Å²) in [5.74, 6) is 1.50.